The van der Waals surface area contributed by atoms with E-state index in [0.29, 0.717) is 19.7 Å². The number of ketones is 1. The normalized spacial score (nSPS) is 15.4. The van der Waals surface area contributed by atoms with Crippen molar-refractivity contribution in [3.05, 3.63) is 58.7 Å². The Balaban J connectivity index is 1.62. The minimum absolute atomic E-state index is 0.0536. The van der Waals surface area contributed by atoms with E-state index in [1.807, 2.05) is 26.8 Å². The summed E-state index contributed by atoms with van der Waals surface area (Å²) in [6, 6.07) is 8.38. The second-order valence-electron chi connectivity index (χ2n) is 7.72. The molecule has 0 radical (unpaired) electrons. The quantitative estimate of drug-likeness (QED) is 0.525. The minimum Gasteiger partial charge on any atom is -0.466 e. The third-order valence-corrected chi connectivity index (χ3v) is 5.70. The van der Waals surface area contributed by atoms with E-state index in [1.54, 1.807) is 12.1 Å². The van der Waals surface area contributed by atoms with Crippen LogP contribution in [0.5, 0.6) is 0 Å². The van der Waals surface area contributed by atoms with E-state index in [1.165, 1.54) is 12.1 Å². The second-order valence-corrected chi connectivity index (χ2v) is 7.72. The number of Topliss-reactive ketones (excluding diaryl/α,β-unsaturated/α-hetero) is 1. The van der Waals surface area contributed by atoms with Crippen LogP contribution in [0.25, 0.3) is 0 Å². The van der Waals surface area contributed by atoms with Crippen LogP contribution in [0.1, 0.15) is 47.1 Å². The summed E-state index contributed by atoms with van der Waals surface area (Å²) in [6.07, 6.45) is 1.46. The van der Waals surface area contributed by atoms with E-state index < -0.39 is 0 Å². The summed E-state index contributed by atoms with van der Waals surface area (Å²) in [5, 5.41) is 0. The molecule has 0 unspecified atom stereocenters. The fraction of sp³-hybridized carbons (Fsp3) is 0.478. The molecule has 2 heterocycles. The molecule has 6 heteroatoms. The van der Waals surface area contributed by atoms with Crippen LogP contribution in [0.4, 0.5) is 4.39 Å². The number of likely N-dealkylation sites (tertiary alicyclic amines) is 1. The van der Waals surface area contributed by atoms with Crippen molar-refractivity contribution in [3.8, 4) is 0 Å². The largest absolute Gasteiger partial charge is 0.466 e. The fourth-order valence-electron chi connectivity index (χ4n) is 3.97. The monoisotopic (exact) mass is 400 g/mol. The molecular formula is C23H29FN2O3. The van der Waals surface area contributed by atoms with E-state index in [4.69, 9.17) is 4.74 Å². The van der Waals surface area contributed by atoms with E-state index in [-0.39, 0.29) is 23.5 Å². The first-order valence-corrected chi connectivity index (χ1v) is 10.2. The number of carbonyl (C=O) groups excluding carboxylic acids is 2. The first-order chi connectivity index (χ1) is 13.9. The lowest BCUT2D eigenvalue weighted by molar-refractivity contribution is -0.149. The van der Waals surface area contributed by atoms with Gasteiger partial charge < -0.3 is 9.30 Å². The zero-order valence-electron chi connectivity index (χ0n) is 17.4. The Morgan fingerprint density at radius 2 is 1.79 bits per heavy atom. The number of aryl methyl sites for hydroxylation is 1. The molecule has 3 rings (SSSR count). The molecule has 0 spiro atoms. The van der Waals surface area contributed by atoms with Crippen molar-refractivity contribution in [2.75, 3.05) is 26.2 Å². The molecule has 0 aliphatic carbocycles. The summed E-state index contributed by atoms with van der Waals surface area (Å²) in [4.78, 5) is 26.9. The van der Waals surface area contributed by atoms with Crippen molar-refractivity contribution in [1.82, 2.24) is 9.47 Å². The number of ether oxygens (including phenoxy) is 1. The molecule has 156 valence electrons. The predicted molar refractivity (Wildman–Crippen MR) is 110 cm³/mol. The van der Waals surface area contributed by atoms with Crippen molar-refractivity contribution in [2.24, 2.45) is 5.92 Å². The highest BCUT2D eigenvalue weighted by Gasteiger charge is 2.27. The SMILES string of the molecule is CCOC(=O)C1CCN(CC(=O)c2cc(C)n(Cc3ccc(F)cc3)c2C)CC1. The topological polar surface area (TPSA) is 51.5 Å². The average molecular weight is 400 g/mol. The number of aromatic nitrogens is 1. The van der Waals surface area contributed by atoms with Crippen LogP contribution < -0.4 is 0 Å². The van der Waals surface area contributed by atoms with Gasteiger partial charge in [-0.05, 0) is 70.5 Å². The Morgan fingerprint density at radius 3 is 2.41 bits per heavy atom. The van der Waals surface area contributed by atoms with Crippen molar-refractivity contribution in [2.45, 2.75) is 40.2 Å². The molecule has 0 atom stereocenters. The molecule has 2 aromatic rings. The molecule has 1 aromatic heterocycles. The smallest absolute Gasteiger partial charge is 0.309 e. The molecule has 0 amide bonds. The number of esters is 1. The lowest BCUT2D eigenvalue weighted by Gasteiger charge is -2.30. The van der Waals surface area contributed by atoms with E-state index in [0.717, 1.165) is 48.4 Å². The second kappa shape index (κ2) is 9.35. The molecule has 0 bridgehead atoms. The number of piperidine rings is 1. The summed E-state index contributed by atoms with van der Waals surface area (Å²) in [5.41, 5.74) is 3.67. The zero-order valence-corrected chi connectivity index (χ0v) is 17.4. The van der Waals surface area contributed by atoms with Crippen molar-refractivity contribution < 1.29 is 18.7 Å². The Hall–Kier alpha value is -2.47. The maximum Gasteiger partial charge on any atom is 0.309 e. The standard InChI is InChI=1S/C23H29FN2O3/c1-4-29-23(28)19-9-11-25(12-10-19)15-22(27)21-13-16(2)26(17(21)3)14-18-5-7-20(24)8-6-18/h5-8,13,19H,4,9-12,14-15H2,1-3H3. The zero-order chi connectivity index (χ0) is 21.0. The van der Waals surface area contributed by atoms with Gasteiger partial charge in [0.15, 0.2) is 5.78 Å². The van der Waals surface area contributed by atoms with Crippen molar-refractivity contribution in [3.63, 3.8) is 0 Å². The van der Waals surface area contributed by atoms with Gasteiger partial charge in [-0.1, -0.05) is 12.1 Å². The third kappa shape index (κ3) is 5.12. The van der Waals surface area contributed by atoms with Crippen LogP contribution in [0, 0.1) is 25.6 Å². The molecule has 1 aliphatic rings. The van der Waals surface area contributed by atoms with Crippen LogP contribution in [0.15, 0.2) is 30.3 Å². The van der Waals surface area contributed by atoms with Gasteiger partial charge >= 0.3 is 5.97 Å². The van der Waals surface area contributed by atoms with Gasteiger partial charge in [-0.25, -0.2) is 4.39 Å². The summed E-state index contributed by atoms with van der Waals surface area (Å²) < 4.78 is 20.3. The number of halogens is 1. The van der Waals surface area contributed by atoms with Crippen LogP contribution in [-0.4, -0.2) is 47.5 Å². The number of benzene rings is 1. The van der Waals surface area contributed by atoms with Crippen molar-refractivity contribution in [1.29, 1.82) is 0 Å². The Labute approximate surface area is 171 Å². The minimum atomic E-state index is -0.253. The molecule has 1 saturated heterocycles. The van der Waals surface area contributed by atoms with Crippen LogP contribution in [0.3, 0.4) is 0 Å². The maximum atomic E-state index is 13.1. The lowest BCUT2D eigenvalue weighted by atomic mass is 9.96. The van der Waals surface area contributed by atoms with Gasteiger partial charge in [0.2, 0.25) is 0 Å². The number of hydrogen-bond acceptors (Lipinski definition) is 4. The Kier molecular flexibility index (Phi) is 6.85. The molecule has 29 heavy (non-hydrogen) atoms. The van der Waals surface area contributed by atoms with Gasteiger partial charge in [0.05, 0.1) is 19.1 Å². The number of hydrogen-bond donors (Lipinski definition) is 0. The summed E-state index contributed by atoms with van der Waals surface area (Å²) in [7, 11) is 0. The highest BCUT2D eigenvalue weighted by atomic mass is 19.1. The van der Waals surface area contributed by atoms with Crippen LogP contribution in [-0.2, 0) is 16.1 Å². The molecule has 0 N–H and O–H groups in total. The molecule has 0 saturated carbocycles. The molecular weight excluding hydrogens is 371 g/mol. The first kappa shape index (κ1) is 21.2. The first-order valence-electron chi connectivity index (χ1n) is 10.2. The summed E-state index contributed by atoms with van der Waals surface area (Å²) >= 11 is 0. The van der Waals surface area contributed by atoms with Gasteiger partial charge in [-0.3, -0.25) is 14.5 Å². The van der Waals surface area contributed by atoms with E-state index in [9.17, 15) is 14.0 Å². The van der Waals surface area contributed by atoms with E-state index >= 15 is 0 Å². The molecule has 5 nitrogen and oxygen atoms in total. The van der Waals surface area contributed by atoms with Gasteiger partial charge in [0.25, 0.3) is 0 Å². The molecule has 1 aromatic carbocycles. The molecule has 1 aliphatic heterocycles. The third-order valence-electron chi connectivity index (χ3n) is 5.70. The number of nitrogens with zero attached hydrogens (tertiary/aromatic N) is 2. The Bertz CT molecular complexity index is 865. The lowest BCUT2D eigenvalue weighted by Crippen LogP contribution is -2.39. The molecule has 1 fully saturated rings. The van der Waals surface area contributed by atoms with Gasteiger partial charge in [0.1, 0.15) is 5.82 Å². The van der Waals surface area contributed by atoms with Crippen molar-refractivity contribution >= 4 is 11.8 Å². The van der Waals surface area contributed by atoms with E-state index in [2.05, 4.69) is 9.47 Å². The van der Waals surface area contributed by atoms with Gasteiger partial charge in [-0.2, -0.15) is 0 Å². The predicted octanol–water partition coefficient (Wildman–Crippen LogP) is 3.75. The van der Waals surface area contributed by atoms with Gasteiger partial charge in [-0.15, -0.1) is 0 Å². The number of carbonyl (C=O) groups is 2. The van der Waals surface area contributed by atoms with Crippen LogP contribution >= 0.6 is 0 Å². The fourth-order valence-corrected chi connectivity index (χ4v) is 3.97. The van der Waals surface area contributed by atoms with Crippen LogP contribution in [0.2, 0.25) is 0 Å². The highest BCUT2D eigenvalue weighted by Crippen LogP contribution is 2.21. The summed E-state index contributed by atoms with van der Waals surface area (Å²) in [6.45, 7) is 8.58. The summed E-state index contributed by atoms with van der Waals surface area (Å²) in [5.74, 6) is -0.333. The Morgan fingerprint density at radius 1 is 1.14 bits per heavy atom. The maximum absolute atomic E-state index is 13.1. The number of rotatable bonds is 7. The highest BCUT2D eigenvalue weighted by molar-refractivity contribution is 5.99. The van der Waals surface area contributed by atoms with Gasteiger partial charge in [0, 0.05) is 23.5 Å². The average Bonchev–Trinajstić information content (AvgIpc) is 2.98.